The molecule has 0 aromatic carbocycles. The predicted octanol–water partition coefficient (Wildman–Crippen LogP) is 3.38. The number of carbonyl (C=O) groups is 1. The van der Waals surface area contributed by atoms with Crippen LogP contribution < -0.4 is 5.32 Å². The van der Waals surface area contributed by atoms with Gasteiger partial charge in [-0.2, -0.15) is 11.8 Å². The molecule has 0 unspecified atom stereocenters. The van der Waals surface area contributed by atoms with Crippen molar-refractivity contribution in [3.63, 3.8) is 0 Å². The van der Waals surface area contributed by atoms with Crippen LogP contribution in [0.15, 0.2) is 9.98 Å². The van der Waals surface area contributed by atoms with Crippen LogP contribution in [0.2, 0.25) is 0 Å². The number of amides is 1. The largest absolute Gasteiger partial charge is 0.302 e. The van der Waals surface area contributed by atoms with Gasteiger partial charge in [0.05, 0.1) is 9.98 Å². The number of nitrogens with zero attached hydrogens (tertiary/aromatic N) is 1. The number of nitrogens with one attached hydrogen (secondary N) is 1. The summed E-state index contributed by atoms with van der Waals surface area (Å²) in [5.41, 5.74) is 0. The van der Waals surface area contributed by atoms with Gasteiger partial charge in [0.25, 0.3) is 0 Å². The van der Waals surface area contributed by atoms with Gasteiger partial charge in [0.2, 0.25) is 5.91 Å². The molecule has 1 N–H and O–H groups in total. The van der Waals surface area contributed by atoms with E-state index in [9.17, 15) is 4.79 Å². The lowest BCUT2D eigenvalue weighted by Gasteiger charge is -2.20. The van der Waals surface area contributed by atoms with Gasteiger partial charge in [-0.15, -0.1) is 0 Å². The van der Waals surface area contributed by atoms with Crippen molar-refractivity contribution in [1.29, 1.82) is 0 Å². The summed E-state index contributed by atoms with van der Waals surface area (Å²) in [6.45, 7) is 0. The number of thioether (sulfide) groups is 1. The zero-order valence-electron chi connectivity index (χ0n) is 8.74. The Morgan fingerprint density at radius 1 is 1.56 bits per heavy atom. The summed E-state index contributed by atoms with van der Waals surface area (Å²) >= 11 is 6.75. The molecule has 0 bridgehead atoms. The molecule has 2 rings (SSSR count). The van der Waals surface area contributed by atoms with Gasteiger partial charge in [-0.1, -0.05) is 11.3 Å². The third-order valence-electron chi connectivity index (χ3n) is 2.54. The number of anilines is 1. The van der Waals surface area contributed by atoms with E-state index in [2.05, 4.69) is 26.2 Å². The second-order valence-corrected chi connectivity index (χ2v) is 7.41. The third-order valence-corrected chi connectivity index (χ3v) is 4.98. The summed E-state index contributed by atoms with van der Waals surface area (Å²) in [5.74, 6) is 3.05. The molecule has 0 spiro atoms. The van der Waals surface area contributed by atoms with Crippen LogP contribution >= 0.6 is 39.0 Å². The highest BCUT2D eigenvalue weighted by atomic mass is 79.9. The Labute approximate surface area is 112 Å². The zero-order chi connectivity index (χ0) is 11.4. The maximum Gasteiger partial charge on any atom is 0.226 e. The van der Waals surface area contributed by atoms with E-state index in [0.717, 1.165) is 3.79 Å². The van der Waals surface area contributed by atoms with Crippen molar-refractivity contribution in [3.8, 4) is 0 Å². The van der Waals surface area contributed by atoms with Gasteiger partial charge in [0.1, 0.15) is 0 Å². The van der Waals surface area contributed by atoms with E-state index in [1.54, 1.807) is 6.20 Å². The van der Waals surface area contributed by atoms with Crippen LogP contribution in [0.3, 0.4) is 0 Å². The van der Waals surface area contributed by atoms with Gasteiger partial charge in [-0.05, 0) is 46.2 Å². The Morgan fingerprint density at radius 2 is 2.31 bits per heavy atom. The van der Waals surface area contributed by atoms with E-state index >= 15 is 0 Å². The average molecular weight is 321 g/mol. The fraction of sp³-hybridized carbons (Fsp3) is 0.600. The lowest BCUT2D eigenvalue weighted by Crippen LogP contribution is -2.19. The number of halogens is 1. The van der Waals surface area contributed by atoms with Crippen molar-refractivity contribution < 1.29 is 4.79 Å². The molecular formula is C10H13BrN2OS2. The molecule has 0 saturated carbocycles. The normalized spacial score (nSPS) is 17.3. The van der Waals surface area contributed by atoms with E-state index in [-0.39, 0.29) is 5.91 Å². The third kappa shape index (κ3) is 3.75. The van der Waals surface area contributed by atoms with Crippen LogP contribution in [-0.4, -0.2) is 22.4 Å². The van der Waals surface area contributed by atoms with Crippen molar-refractivity contribution in [1.82, 2.24) is 4.98 Å². The molecule has 1 aromatic heterocycles. The first-order valence-electron chi connectivity index (χ1n) is 5.23. The lowest BCUT2D eigenvalue weighted by molar-refractivity contribution is -0.117. The van der Waals surface area contributed by atoms with Crippen LogP contribution in [0.4, 0.5) is 5.13 Å². The number of hydrogen-bond donors (Lipinski definition) is 1. The molecule has 1 aliphatic heterocycles. The van der Waals surface area contributed by atoms with E-state index < -0.39 is 0 Å². The van der Waals surface area contributed by atoms with Crippen LogP contribution in [0.1, 0.15) is 19.3 Å². The van der Waals surface area contributed by atoms with Crippen molar-refractivity contribution in [2.45, 2.75) is 19.3 Å². The lowest BCUT2D eigenvalue weighted by atomic mass is 9.99. The fourth-order valence-corrected chi connectivity index (χ4v) is 4.02. The molecule has 1 amide bonds. The zero-order valence-corrected chi connectivity index (χ0v) is 12.0. The standard InChI is InChI=1S/C10H13BrN2OS2/c11-8-6-12-10(16-8)13-9(14)5-7-1-3-15-4-2-7/h6-7H,1-5H2,(H,12,13,14). The number of thiazole rings is 1. The van der Waals surface area contributed by atoms with E-state index in [0.29, 0.717) is 17.5 Å². The highest BCUT2D eigenvalue weighted by Crippen LogP contribution is 2.27. The smallest absolute Gasteiger partial charge is 0.226 e. The molecule has 88 valence electrons. The van der Waals surface area contributed by atoms with Gasteiger partial charge in [0, 0.05) is 6.42 Å². The number of carbonyl (C=O) groups excluding carboxylic acids is 1. The van der Waals surface area contributed by atoms with Crippen molar-refractivity contribution in [2.24, 2.45) is 5.92 Å². The molecule has 3 nitrogen and oxygen atoms in total. The average Bonchev–Trinajstić information content (AvgIpc) is 2.65. The molecule has 1 fully saturated rings. The van der Waals surface area contributed by atoms with Gasteiger partial charge in [-0.3, -0.25) is 4.79 Å². The molecule has 1 aromatic rings. The van der Waals surface area contributed by atoms with Gasteiger partial charge >= 0.3 is 0 Å². The summed E-state index contributed by atoms with van der Waals surface area (Å²) in [4.78, 5) is 15.8. The highest BCUT2D eigenvalue weighted by molar-refractivity contribution is 9.11. The van der Waals surface area contributed by atoms with Crippen LogP contribution in [0.5, 0.6) is 0 Å². The predicted molar refractivity (Wildman–Crippen MR) is 73.1 cm³/mol. The van der Waals surface area contributed by atoms with Crippen molar-refractivity contribution in [3.05, 3.63) is 9.98 Å². The second kappa shape index (κ2) is 6.02. The molecule has 0 atom stereocenters. The van der Waals surface area contributed by atoms with Crippen LogP contribution in [0, 0.1) is 5.92 Å². The second-order valence-electron chi connectivity index (χ2n) is 3.78. The first-order chi connectivity index (χ1) is 7.74. The number of hydrogen-bond acceptors (Lipinski definition) is 4. The van der Waals surface area contributed by atoms with Gasteiger partial charge in [-0.25, -0.2) is 4.98 Å². The van der Waals surface area contributed by atoms with Gasteiger partial charge in [0.15, 0.2) is 5.13 Å². The minimum absolute atomic E-state index is 0.0961. The Balaban J connectivity index is 1.79. The summed E-state index contributed by atoms with van der Waals surface area (Å²) in [7, 11) is 0. The molecule has 1 aliphatic rings. The minimum Gasteiger partial charge on any atom is -0.302 e. The topological polar surface area (TPSA) is 42.0 Å². The molecule has 6 heteroatoms. The summed E-state index contributed by atoms with van der Waals surface area (Å²) < 4.78 is 0.942. The Hall–Kier alpha value is -0.0700. The quantitative estimate of drug-likeness (QED) is 0.928. The molecule has 1 saturated heterocycles. The van der Waals surface area contributed by atoms with Crippen molar-refractivity contribution >= 4 is 50.1 Å². The first-order valence-corrected chi connectivity index (χ1v) is 7.99. The number of rotatable bonds is 3. The van der Waals surface area contributed by atoms with E-state index in [1.807, 2.05) is 11.8 Å². The summed E-state index contributed by atoms with van der Waals surface area (Å²) in [6.07, 6.45) is 4.68. The summed E-state index contributed by atoms with van der Waals surface area (Å²) in [6, 6.07) is 0. The Morgan fingerprint density at radius 3 is 2.94 bits per heavy atom. The Bertz CT molecular complexity index is 363. The molecule has 2 heterocycles. The highest BCUT2D eigenvalue weighted by Gasteiger charge is 2.17. The van der Waals surface area contributed by atoms with Crippen LogP contribution in [-0.2, 0) is 4.79 Å². The number of aromatic nitrogens is 1. The van der Waals surface area contributed by atoms with E-state index in [1.165, 1.54) is 35.7 Å². The van der Waals surface area contributed by atoms with Gasteiger partial charge < -0.3 is 5.32 Å². The minimum atomic E-state index is 0.0961. The maximum absolute atomic E-state index is 11.7. The molecule has 0 aliphatic carbocycles. The SMILES string of the molecule is O=C(CC1CCSCC1)Nc1ncc(Br)s1. The monoisotopic (exact) mass is 320 g/mol. The van der Waals surface area contributed by atoms with Crippen molar-refractivity contribution in [2.75, 3.05) is 16.8 Å². The fourth-order valence-electron chi connectivity index (χ4n) is 1.70. The molecule has 0 radical (unpaired) electrons. The maximum atomic E-state index is 11.7. The summed E-state index contributed by atoms with van der Waals surface area (Å²) in [5, 5.41) is 3.52. The van der Waals surface area contributed by atoms with Crippen LogP contribution in [0.25, 0.3) is 0 Å². The molecular weight excluding hydrogens is 308 g/mol. The Kier molecular flexibility index (Phi) is 4.66. The van der Waals surface area contributed by atoms with E-state index in [4.69, 9.17) is 0 Å². The molecule has 16 heavy (non-hydrogen) atoms. The first kappa shape index (κ1) is 12.4.